The number of hydrogen-bond acceptors (Lipinski definition) is 4. The number of aryl methyl sites for hydroxylation is 1. The minimum Gasteiger partial charge on any atom is -0.286 e. The van der Waals surface area contributed by atoms with E-state index in [0.29, 0.717) is 12.6 Å². The van der Waals surface area contributed by atoms with E-state index in [2.05, 4.69) is 36.4 Å². The molecule has 0 spiro atoms. The van der Waals surface area contributed by atoms with Gasteiger partial charge in [-0.2, -0.15) is 16.8 Å². The van der Waals surface area contributed by atoms with Gasteiger partial charge in [0.1, 0.15) is 23.2 Å². The molecular weight excluding hydrogens is 527 g/mol. The lowest BCUT2D eigenvalue weighted by Crippen LogP contribution is -2.33. The zero-order valence-corrected chi connectivity index (χ0v) is 22.9. The van der Waals surface area contributed by atoms with Crippen LogP contribution in [0.5, 0.6) is 0 Å². The van der Waals surface area contributed by atoms with E-state index in [-0.39, 0.29) is 10.6 Å². The molecule has 0 bridgehead atoms. The van der Waals surface area contributed by atoms with Crippen LogP contribution in [0.15, 0.2) is 120 Å². The number of hydrogen-bond donors (Lipinski definition) is 2. The van der Waals surface area contributed by atoms with Gasteiger partial charge in [-0.05, 0) is 61.9 Å². The van der Waals surface area contributed by atoms with Crippen molar-refractivity contribution in [3.8, 4) is 0 Å². The van der Waals surface area contributed by atoms with E-state index in [1.54, 1.807) is 12.1 Å². The van der Waals surface area contributed by atoms with E-state index in [9.17, 15) is 21.4 Å². The second kappa shape index (κ2) is 12.6. The first kappa shape index (κ1) is 28.7. The van der Waals surface area contributed by atoms with Crippen LogP contribution in [-0.2, 0) is 20.2 Å². The van der Waals surface area contributed by atoms with E-state index in [1.807, 2.05) is 61.5 Å². The summed E-state index contributed by atoms with van der Waals surface area (Å²) >= 11 is 0. The molecule has 4 aromatic rings. The molecular formula is C28H30O6PS2+. The second-order valence-corrected chi connectivity index (χ2v) is 15.1. The Bertz CT molecular complexity index is 1380. The van der Waals surface area contributed by atoms with Gasteiger partial charge in [0.25, 0.3) is 20.2 Å². The van der Waals surface area contributed by atoms with Crippen LogP contribution in [0.2, 0.25) is 0 Å². The van der Waals surface area contributed by atoms with Crippen molar-refractivity contribution in [3.05, 3.63) is 121 Å². The summed E-state index contributed by atoms with van der Waals surface area (Å²) in [5.41, 5.74) is 0.956. The summed E-state index contributed by atoms with van der Waals surface area (Å²) in [6.45, 7) is 1.84. The maximum Gasteiger partial charge on any atom is 0.294 e. The van der Waals surface area contributed by atoms with Crippen molar-refractivity contribution in [1.82, 2.24) is 0 Å². The molecule has 0 radical (unpaired) electrons. The summed E-state index contributed by atoms with van der Waals surface area (Å²) in [6, 6.07) is 36.9. The molecule has 6 nitrogen and oxygen atoms in total. The Labute approximate surface area is 219 Å². The van der Waals surface area contributed by atoms with Gasteiger partial charge in [-0.1, -0.05) is 72.3 Å². The fraction of sp³-hybridized carbons (Fsp3) is 0.143. The second-order valence-electron chi connectivity index (χ2n) is 8.47. The minimum absolute atomic E-state index is 0.0666. The zero-order valence-electron chi connectivity index (χ0n) is 20.4. The van der Waals surface area contributed by atoms with Crippen LogP contribution in [0.4, 0.5) is 0 Å². The summed E-state index contributed by atoms with van der Waals surface area (Å²) < 4.78 is 61.4. The van der Waals surface area contributed by atoms with Crippen LogP contribution in [0.3, 0.4) is 0 Å². The fourth-order valence-corrected chi connectivity index (χ4v) is 9.62. The number of benzene rings is 4. The van der Waals surface area contributed by atoms with Gasteiger partial charge in [0.15, 0.2) is 0 Å². The molecule has 0 amide bonds. The quantitative estimate of drug-likeness (QED) is 0.244. The monoisotopic (exact) mass is 557 g/mol. The Morgan fingerprint density at radius 1 is 0.595 bits per heavy atom. The van der Waals surface area contributed by atoms with Crippen LogP contribution in [0.1, 0.15) is 12.0 Å². The average Bonchev–Trinajstić information content (AvgIpc) is 2.88. The summed E-state index contributed by atoms with van der Waals surface area (Å²) in [7, 11) is -10.0. The third kappa shape index (κ3) is 8.06. The maximum absolute atomic E-state index is 11.3. The zero-order chi connectivity index (χ0) is 26.9. The molecule has 4 aromatic carbocycles. The highest BCUT2D eigenvalue weighted by atomic mass is 32.2. The highest BCUT2D eigenvalue weighted by molar-refractivity contribution is 7.95. The largest absolute Gasteiger partial charge is 0.294 e. The maximum atomic E-state index is 11.3. The molecule has 4 rings (SSSR count). The average molecular weight is 558 g/mol. The normalized spacial score (nSPS) is 11.9. The SMILES string of the molecule is Cc1ccc(S(=O)(=O)O)cc1.O=S(=O)(O)CCC[P+](c1ccccc1)(c1ccccc1)c1ccccc1. The van der Waals surface area contributed by atoms with Crippen LogP contribution in [-0.4, -0.2) is 37.9 Å². The molecule has 2 N–H and O–H groups in total. The van der Waals surface area contributed by atoms with Gasteiger partial charge in [-0.25, -0.2) is 0 Å². The summed E-state index contributed by atoms with van der Waals surface area (Å²) in [5, 5.41) is 3.65. The van der Waals surface area contributed by atoms with Crippen molar-refractivity contribution in [1.29, 1.82) is 0 Å². The molecule has 9 heteroatoms. The van der Waals surface area contributed by atoms with Crippen molar-refractivity contribution < 1.29 is 25.9 Å². The molecule has 0 aliphatic heterocycles. The predicted molar refractivity (Wildman–Crippen MR) is 152 cm³/mol. The van der Waals surface area contributed by atoms with E-state index in [1.165, 1.54) is 28.0 Å². The highest BCUT2D eigenvalue weighted by Crippen LogP contribution is 2.55. The van der Waals surface area contributed by atoms with E-state index >= 15 is 0 Å². The van der Waals surface area contributed by atoms with E-state index in [4.69, 9.17) is 4.55 Å². The molecule has 0 heterocycles. The molecule has 0 aliphatic rings. The summed E-state index contributed by atoms with van der Waals surface area (Å²) in [4.78, 5) is -0.0666. The Morgan fingerprint density at radius 3 is 1.30 bits per heavy atom. The molecule has 194 valence electrons. The smallest absolute Gasteiger partial charge is 0.286 e. The first-order valence-electron chi connectivity index (χ1n) is 11.6. The standard InChI is InChI=1S/C21H21O3PS.C7H8O3S/c22-26(23,24)18-10-17-25(19-11-4-1-5-12-19,20-13-6-2-7-14-20)21-15-8-3-9-16-21;1-6-2-4-7(5-3-6)11(8,9)10/h1-9,11-16H,10,17-18H2;2-5H,1H3,(H,8,9,10)/p+1. The van der Waals surface area contributed by atoms with Crippen LogP contribution in [0, 0.1) is 6.92 Å². The summed E-state index contributed by atoms with van der Waals surface area (Å²) in [5.74, 6) is -0.221. The highest BCUT2D eigenvalue weighted by Gasteiger charge is 2.44. The number of rotatable bonds is 8. The molecule has 0 aliphatic carbocycles. The molecule has 0 fully saturated rings. The first-order valence-corrected chi connectivity index (χ1v) is 16.6. The molecule has 0 saturated carbocycles. The van der Waals surface area contributed by atoms with Crippen LogP contribution in [0.25, 0.3) is 0 Å². The third-order valence-corrected chi connectivity index (χ3v) is 12.0. The Hall–Kier alpha value is -2.87. The van der Waals surface area contributed by atoms with Crippen LogP contribution < -0.4 is 15.9 Å². The van der Waals surface area contributed by atoms with Gasteiger partial charge >= 0.3 is 0 Å². The van der Waals surface area contributed by atoms with Gasteiger partial charge in [0.05, 0.1) is 16.8 Å². The molecule has 0 saturated heterocycles. The van der Waals surface area contributed by atoms with Gasteiger partial charge in [0.2, 0.25) is 0 Å². The van der Waals surface area contributed by atoms with Gasteiger partial charge in [-0.15, -0.1) is 0 Å². The topological polar surface area (TPSA) is 109 Å². The Kier molecular flexibility index (Phi) is 9.76. The van der Waals surface area contributed by atoms with Crippen molar-refractivity contribution in [2.75, 3.05) is 11.9 Å². The van der Waals surface area contributed by atoms with Gasteiger partial charge in [0, 0.05) is 0 Å². The molecule has 0 atom stereocenters. The Balaban J connectivity index is 0.000000289. The lowest BCUT2D eigenvalue weighted by Gasteiger charge is -2.27. The molecule has 0 aromatic heterocycles. The molecule has 37 heavy (non-hydrogen) atoms. The third-order valence-electron chi connectivity index (χ3n) is 5.81. The predicted octanol–water partition coefficient (Wildman–Crippen LogP) is 4.50. The van der Waals surface area contributed by atoms with E-state index < -0.39 is 27.5 Å². The first-order chi connectivity index (χ1) is 17.5. The summed E-state index contributed by atoms with van der Waals surface area (Å²) in [6.07, 6.45) is 1.09. The van der Waals surface area contributed by atoms with Gasteiger partial charge in [-0.3, -0.25) is 9.11 Å². The van der Waals surface area contributed by atoms with Crippen LogP contribution >= 0.6 is 7.26 Å². The Morgan fingerprint density at radius 2 is 0.973 bits per heavy atom. The van der Waals surface area contributed by atoms with Gasteiger partial charge < -0.3 is 0 Å². The fourth-order valence-electron chi connectivity index (χ4n) is 4.08. The van der Waals surface area contributed by atoms with Crippen molar-refractivity contribution in [3.63, 3.8) is 0 Å². The lowest BCUT2D eigenvalue weighted by atomic mass is 10.2. The minimum atomic E-state index is -4.02. The van der Waals surface area contributed by atoms with Crippen molar-refractivity contribution in [2.24, 2.45) is 0 Å². The van der Waals surface area contributed by atoms with E-state index in [0.717, 1.165) is 5.56 Å². The van der Waals surface area contributed by atoms with Crippen molar-refractivity contribution in [2.45, 2.75) is 18.2 Å². The lowest BCUT2D eigenvalue weighted by molar-refractivity contribution is 0.480. The molecule has 0 unspecified atom stereocenters. The van der Waals surface area contributed by atoms with Crippen molar-refractivity contribution >= 4 is 43.4 Å².